The summed E-state index contributed by atoms with van der Waals surface area (Å²) in [6.07, 6.45) is 0. The van der Waals surface area contributed by atoms with Crippen molar-refractivity contribution >= 4 is 7.82 Å². The fourth-order valence-corrected chi connectivity index (χ4v) is 1.84. The van der Waals surface area contributed by atoms with Crippen LogP contribution in [0.25, 0.3) is 0 Å². The summed E-state index contributed by atoms with van der Waals surface area (Å²) in [6.45, 7) is 1.92. The van der Waals surface area contributed by atoms with Crippen LogP contribution in [-0.4, -0.2) is 14.7 Å². The van der Waals surface area contributed by atoms with Crippen LogP contribution < -0.4 is 17.2 Å². The van der Waals surface area contributed by atoms with Crippen LogP contribution in [0, 0.1) is 0 Å². The first kappa shape index (κ1) is 26.6. The van der Waals surface area contributed by atoms with Crippen molar-refractivity contribution in [1.82, 2.24) is 0 Å². The summed E-state index contributed by atoms with van der Waals surface area (Å²) in [5.41, 5.74) is 19.6. The minimum Gasteiger partial charge on any atom is -0.326 e. The monoisotopic (exact) mass is 419 g/mol. The topological polar surface area (TPSA) is 156 Å². The van der Waals surface area contributed by atoms with Crippen molar-refractivity contribution in [1.29, 1.82) is 0 Å². The molecule has 3 aromatic carbocycles. The van der Waals surface area contributed by atoms with Gasteiger partial charge in [0, 0.05) is 19.6 Å². The first-order valence-electron chi connectivity index (χ1n) is 8.80. The van der Waals surface area contributed by atoms with Crippen molar-refractivity contribution in [2.75, 3.05) is 0 Å². The summed E-state index contributed by atoms with van der Waals surface area (Å²) in [4.78, 5) is 21.6. The van der Waals surface area contributed by atoms with Gasteiger partial charge in [0.05, 0.1) is 0 Å². The van der Waals surface area contributed by atoms with Gasteiger partial charge in [0.2, 0.25) is 0 Å². The average molecular weight is 419 g/mol. The Morgan fingerprint density at radius 1 is 0.517 bits per heavy atom. The van der Waals surface area contributed by atoms with E-state index in [1.165, 1.54) is 16.7 Å². The van der Waals surface area contributed by atoms with E-state index in [9.17, 15) is 0 Å². The molecule has 0 aliphatic heterocycles. The fraction of sp³-hybridized carbons (Fsp3) is 0.143. The number of hydrogen-bond acceptors (Lipinski definition) is 4. The summed E-state index contributed by atoms with van der Waals surface area (Å²) in [5, 5.41) is 0. The normalized spacial score (nSPS) is 9.59. The molecule has 9 N–H and O–H groups in total. The Bertz CT molecular complexity index is 683. The SMILES string of the molecule is NCc1ccccc1.NCc1ccccc1.NCc1ccccc1.O=P(O)(O)O. The zero-order chi connectivity index (χ0) is 22.0. The van der Waals surface area contributed by atoms with Crippen molar-refractivity contribution in [3.05, 3.63) is 108 Å². The number of nitrogens with two attached hydrogens (primary N) is 3. The molecule has 0 saturated carbocycles. The molecular weight excluding hydrogens is 389 g/mol. The van der Waals surface area contributed by atoms with Crippen molar-refractivity contribution in [3.8, 4) is 0 Å². The Hall–Kier alpha value is -2.35. The van der Waals surface area contributed by atoms with Gasteiger partial charge in [-0.1, -0.05) is 91.0 Å². The minimum atomic E-state index is -4.64. The van der Waals surface area contributed by atoms with E-state index in [4.69, 9.17) is 36.4 Å². The molecule has 0 aromatic heterocycles. The van der Waals surface area contributed by atoms with E-state index < -0.39 is 7.82 Å². The summed E-state index contributed by atoms with van der Waals surface area (Å²) >= 11 is 0. The van der Waals surface area contributed by atoms with Gasteiger partial charge in [-0.3, -0.25) is 0 Å². The molecule has 0 saturated heterocycles. The Kier molecular flexibility index (Phi) is 15.2. The lowest BCUT2D eigenvalue weighted by Gasteiger charge is -1.90. The second kappa shape index (κ2) is 16.6. The summed E-state index contributed by atoms with van der Waals surface area (Å²) < 4.78 is 8.88. The van der Waals surface area contributed by atoms with Crippen LogP contribution in [0.5, 0.6) is 0 Å². The molecule has 158 valence electrons. The van der Waals surface area contributed by atoms with Gasteiger partial charge in [0.1, 0.15) is 0 Å². The first-order chi connectivity index (χ1) is 13.8. The van der Waals surface area contributed by atoms with Crippen LogP contribution in [0.15, 0.2) is 91.0 Å². The molecule has 29 heavy (non-hydrogen) atoms. The van der Waals surface area contributed by atoms with Crippen LogP contribution in [0.2, 0.25) is 0 Å². The molecule has 7 nitrogen and oxygen atoms in total. The zero-order valence-electron chi connectivity index (χ0n) is 16.2. The standard InChI is InChI=1S/3C7H9N.H3O4P/c3*8-6-7-4-2-1-3-5-7;1-5(2,3)4/h3*1-5H,6,8H2;(H3,1,2,3,4). The van der Waals surface area contributed by atoms with Crippen molar-refractivity contribution in [2.45, 2.75) is 19.6 Å². The largest absolute Gasteiger partial charge is 0.466 e. The summed E-state index contributed by atoms with van der Waals surface area (Å²) in [6, 6.07) is 30.0. The van der Waals surface area contributed by atoms with Crippen molar-refractivity contribution < 1.29 is 19.2 Å². The highest BCUT2D eigenvalue weighted by Gasteiger charge is 2.00. The molecule has 0 spiro atoms. The Labute approximate surface area is 172 Å². The first-order valence-corrected chi connectivity index (χ1v) is 10.4. The van der Waals surface area contributed by atoms with Gasteiger partial charge in [-0.2, -0.15) is 0 Å². The molecule has 0 amide bonds. The molecule has 0 radical (unpaired) electrons. The van der Waals surface area contributed by atoms with Crippen LogP contribution in [0.3, 0.4) is 0 Å². The molecule has 0 unspecified atom stereocenters. The van der Waals surface area contributed by atoms with Crippen LogP contribution in [-0.2, 0) is 24.2 Å². The average Bonchev–Trinajstić information content (AvgIpc) is 2.75. The van der Waals surface area contributed by atoms with Crippen molar-refractivity contribution in [3.63, 3.8) is 0 Å². The summed E-state index contributed by atoms with van der Waals surface area (Å²) in [7, 11) is -4.64. The maximum Gasteiger partial charge on any atom is 0.466 e. The quantitative estimate of drug-likeness (QED) is 0.356. The Balaban J connectivity index is 0.000000367. The number of rotatable bonds is 3. The molecule has 0 aliphatic carbocycles. The molecule has 0 fully saturated rings. The van der Waals surface area contributed by atoms with E-state index in [2.05, 4.69) is 0 Å². The molecule has 3 aromatic rings. The van der Waals surface area contributed by atoms with E-state index in [0.29, 0.717) is 19.6 Å². The fourth-order valence-electron chi connectivity index (χ4n) is 1.84. The van der Waals surface area contributed by atoms with Gasteiger partial charge in [-0.15, -0.1) is 0 Å². The van der Waals surface area contributed by atoms with Gasteiger partial charge < -0.3 is 31.9 Å². The smallest absolute Gasteiger partial charge is 0.326 e. The predicted molar refractivity (Wildman–Crippen MR) is 117 cm³/mol. The van der Waals surface area contributed by atoms with Gasteiger partial charge in [-0.25, -0.2) is 4.57 Å². The third kappa shape index (κ3) is 18.8. The van der Waals surface area contributed by atoms with E-state index >= 15 is 0 Å². The van der Waals surface area contributed by atoms with Gasteiger partial charge >= 0.3 is 7.82 Å². The third-order valence-electron chi connectivity index (χ3n) is 3.24. The van der Waals surface area contributed by atoms with Gasteiger partial charge in [-0.05, 0) is 16.7 Å². The third-order valence-corrected chi connectivity index (χ3v) is 3.24. The van der Waals surface area contributed by atoms with Gasteiger partial charge in [0.15, 0.2) is 0 Å². The highest BCUT2D eigenvalue weighted by atomic mass is 31.2. The second-order valence-corrected chi connectivity index (χ2v) is 6.61. The highest BCUT2D eigenvalue weighted by molar-refractivity contribution is 7.45. The van der Waals surface area contributed by atoms with Crippen LogP contribution >= 0.6 is 7.82 Å². The molecule has 0 aliphatic rings. The van der Waals surface area contributed by atoms with E-state index in [1.807, 2.05) is 91.0 Å². The lowest BCUT2D eigenvalue weighted by atomic mass is 10.2. The Morgan fingerprint density at radius 3 is 0.793 bits per heavy atom. The Morgan fingerprint density at radius 2 is 0.690 bits per heavy atom. The van der Waals surface area contributed by atoms with E-state index in [1.54, 1.807) is 0 Å². The molecular formula is C21H30N3O4P. The van der Waals surface area contributed by atoms with E-state index in [-0.39, 0.29) is 0 Å². The summed E-state index contributed by atoms with van der Waals surface area (Å²) in [5.74, 6) is 0. The molecule has 0 bridgehead atoms. The lowest BCUT2D eigenvalue weighted by Crippen LogP contribution is -1.94. The maximum atomic E-state index is 8.88. The van der Waals surface area contributed by atoms with Gasteiger partial charge in [0.25, 0.3) is 0 Å². The lowest BCUT2D eigenvalue weighted by molar-refractivity contribution is 0.275. The molecule has 3 rings (SSSR count). The van der Waals surface area contributed by atoms with Crippen LogP contribution in [0.4, 0.5) is 0 Å². The van der Waals surface area contributed by atoms with Crippen LogP contribution in [0.1, 0.15) is 16.7 Å². The van der Waals surface area contributed by atoms with Crippen molar-refractivity contribution in [2.24, 2.45) is 17.2 Å². The molecule has 0 atom stereocenters. The zero-order valence-corrected chi connectivity index (χ0v) is 17.1. The number of hydrogen-bond donors (Lipinski definition) is 6. The maximum absolute atomic E-state index is 8.88. The number of benzene rings is 3. The van der Waals surface area contributed by atoms with E-state index in [0.717, 1.165) is 0 Å². The minimum absolute atomic E-state index is 0.640. The highest BCUT2D eigenvalue weighted by Crippen LogP contribution is 2.25. The molecule has 8 heteroatoms. The second-order valence-electron chi connectivity index (χ2n) is 5.58. The number of phosphoric acid groups is 1. The predicted octanol–water partition coefficient (Wildman–Crippen LogP) is 2.51. The molecule has 0 heterocycles.